The number of carbonyl (C=O) groups is 1. The summed E-state index contributed by atoms with van der Waals surface area (Å²) in [6.45, 7) is 5.40. The maximum Gasteiger partial charge on any atom is 0.323 e. The number of nitrogens with zero attached hydrogens (tertiary/aromatic N) is 2. The highest BCUT2D eigenvalue weighted by Gasteiger charge is 2.14. The number of rotatable bonds is 4. The van der Waals surface area contributed by atoms with Crippen LogP contribution < -0.4 is 15.4 Å². The Balaban J connectivity index is 1.73. The summed E-state index contributed by atoms with van der Waals surface area (Å²) in [5, 5.41) is 5.49. The van der Waals surface area contributed by atoms with Gasteiger partial charge in [-0.1, -0.05) is 29.8 Å². The summed E-state index contributed by atoms with van der Waals surface area (Å²) in [5.74, 6) is -0.467. The van der Waals surface area contributed by atoms with Gasteiger partial charge in [-0.15, -0.1) is 0 Å². The topological polar surface area (TPSA) is 76.1 Å². The van der Waals surface area contributed by atoms with E-state index in [9.17, 15) is 9.18 Å². The van der Waals surface area contributed by atoms with Gasteiger partial charge in [-0.2, -0.15) is 9.97 Å². The van der Waals surface area contributed by atoms with Gasteiger partial charge in [-0.05, 0) is 45.0 Å². The lowest BCUT2D eigenvalue weighted by Gasteiger charge is -2.13. The first kappa shape index (κ1) is 18.3. The Kier molecular flexibility index (Phi) is 5.30. The Labute approximate surface area is 156 Å². The zero-order valence-corrected chi connectivity index (χ0v) is 15.2. The van der Waals surface area contributed by atoms with Gasteiger partial charge in [0.05, 0.1) is 17.1 Å². The number of nitrogens with one attached hydrogen (secondary N) is 2. The first-order valence-electron chi connectivity index (χ1n) is 8.34. The van der Waals surface area contributed by atoms with E-state index in [2.05, 4.69) is 20.6 Å². The van der Waals surface area contributed by atoms with E-state index in [1.807, 2.05) is 31.2 Å². The molecule has 7 heteroatoms. The summed E-state index contributed by atoms with van der Waals surface area (Å²) in [4.78, 5) is 20.6. The summed E-state index contributed by atoms with van der Waals surface area (Å²) >= 11 is 0. The van der Waals surface area contributed by atoms with Gasteiger partial charge < -0.3 is 15.4 Å². The molecule has 1 heterocycles. The van der Waals surface area contributed by atoms with Crippen LogP contribution in [0.15, 0.2) is 48.5 Å². The summed E-state index contributed by atoms with van der Waals surface area (Å²) in [6.07, 6.45) is 0. The van der Waals surface area contributed by atoms with Crippen LogP contribution in [0, 0.1) is 26.6 Å². The van der Waals surface area contributed by atoms with Crippen LogP contribution in [0.3, 0.4) is 0 Å². The molecule has 0 aliphatic heterocycles. The van der Waals surface area contributed by atoms with E-state index in [0.29, 0.717) is 22.8 Å². The van der Waals surface area contributed by atoms with Crippen LogP contribution >= 0.6 is 0 Å². The fraction of sp³-hybridized carbons (Fsp3) is 0.150. The lowest BCUT2D eigenvalue weighted by atomic mass is 10.2. The minimum atomic E-state index is -0.504. The highest BCUT2D eigenvalue weighted by Crippen LogP contribution is 2.25. The third-order valence-corrected chi connectivity index (χ3v) is 3.84. The summed E-state index contributed by atoms with van der Waals surface area (Å²) < 4.78 is 19.1. The highest BCUT2D eigenvalue weighted by atomic mass is 19.1. The zero-order valence-electron chi connectivity index (χ0n) is 15.2. The minimum Gasteiger partial charge on any atom is -0.421 e. The Bertz CT molecular complexity index is 951. The van der Waals surface area contributed by atoms with E-state index in [1.165, 1.54) is 12.1 Å². The van der Waals surface area contributed by atoms with Gasteiger partial charge in [0.25, 0.3) is 0 Å². The Morgan fingerprint density at radius 1 is 0.926 bits per heavy atom. The second-order valence-corrected chi connectivity index (χ2v) is 6.03. The number of anilines is 2. The third kappa shape index (κ3) is 4.58. The van der Waals surface area contributed by atoms with Gasteiger partial charge in [-0.25, -0.2) is 9.18 Å². The monoisotopic (exact) mass is 366 g/mol. The van der Waals surface area contributed by atoms with Gasteiger partial charge in [0.2, 0.25) is 0 Å². The van der Waals surface area contributed by atoms with Crippen molar-refractivity contribution in [3.63, 3.8) is 0 Å². The van der Waals surface area contributed by atoms with E-state index in [1.54, 1.807) is 26.0 Å². The molecule has 0 atom stereocenters. The normalized spacial score (nSPS) is 10.4. The van der Waals surface area contributed by atoms with E-state index in [4.69, 9.17) is 4.74 Å². The highest BCUT2D eigenvalue weighted by molar-refractivity contribution is 6.00. The Morgan fingerprint density at radius 2 is 1.56 bits per heavy atom. The van der Waals surface area contributed by atoms with Crippen molar-refractivity contribution in [1.82, 2.24) is 9.97 Å². The molecule has 0 fully saturated rings. The molecule has 6 nitrogen and oxygen atoms in total. The maximum atomic E-state index is 13.7. The number of halogens is 1. The summed E-state index contributed by atoms with van der Waals surface area (Å²) in [6, 6.07) is 13.1. The predicted molar refractivity (Wildman–Crippen MR) is 102 cm³/mol. The standard InChI is InChI=1S/C20H19FN4O2/c1-12-8-10-15(11-9-12)24-19(26)25-18-13(2)22-20(23-14(18)3)27-17-7-5-4-6-16(17)21/h4-11H,1-3H3,(H2,24,25,26). The molecule has 0 aliphatic carbocycles. The van der Waals surface area contributed by atoms with Crippen molar-refractivity contribution < 1.29 is 13.9 Å². The molecule has 0 aliphatic rings. The molecule has 0 saturated heterocycles. The molecule has 0 bridgehead atoms. The van der Waals surface area contributed by atoms with Gasteiger partial charge in [0.15, 0.2) is 11.6 Å². The molecule has 1 aromatic heterocycles. The molecule has 27 heavy (non-hydrogen) atoms. The van der Waals surface area contributed by atoms with E-state index in [0.717, 1.165) is 5.56 Å². The average Bonchev–Trinajstić information content (AvgIpc) is 2.62. The van der Waals surface area contributed by atoms with Crippen LogP contribution in [0.1, 0.15) is 17.0 Å². The lowest BCUT2D eigenvalue weighted by molar-refractivity contribution is 0.262. The van der Waals surface area contributed by atoms with Crippen LogP contribution in [0.4, 0.5) is 20.6 Å². The SMILES string of the molecule is Cc1ccc(NC(=O)Nc2c(C)nc(Oc3ccccc3F)nc2C)cc1. The number of benzene rings is 2. The number of carbonyl (C=O) groups excluding carboxylic acids is 1. The van der Waals surface area contributed by atoms with Crippen molar-refractivity contribution >= 4 is 17.4 Å². The molecular weight excluding hydrogens is 347 g/mol. The number of aryl methyl sites for hydroxylation is 3. The van der Waals surface area contributed by atoms with Gasteiger partial charge in [0.1, 0.15) is 0 Å². The van der Waals surface area contributed by atoms with Crippen LogP contribution in [0.2, 0.25) is 0 Å². The van der Waals surface area contributed by atoms with Gasteiger partial charge in [-0.3, -0.25) is 0 Å². The van der Waals surface area contributed by atoms with Crippen LogP contribution in [-0.2, 0) is 0 Å². The second-order valence-electron chi connectivity index (χ2n) is 6.03. The molecule has 0 radical (unpaired) electrons. The van der Waals surface area contributed by atoms with E-state index in [-0.39, 0.29) is 11.8 Å². The number of amides is 2. The van der Waals surface area contributed by atoms with Gasteiger partial charge >= 0.3 is 12.0 Å². The predicted octanol–water partition coefficient (Wildman–Crippen LogP) is 4.98. The molecule has 2 aromatic carbocycles. The fourth-order valence-electron chi connectivity index (χ4n) is 2.45. The average molecular weight is 366 g/mol. The molecule has 3 rings (SSSR count). The number of urea groups is 1. The Hall–Kier alpha value is -3.48. The smallest absolute Gasteiger partial charge is 0.323 e. The van der Waals surface area contributed by atoms with Crippen molar-refractivity contribution in [3.05, 3.63) is 71.3 Å². The van der Waals surface area contributed by atoms with Gasteiger partial charge in [0, 0.05) is 5.69 Å². The molecule has 138 valence electrons. The zero-order chi connectivity index (χ0) is 19.4. The third-order valence-electron chi connectivity index (χ3n) is 3.84. The first-order valence-corrected chi connectivity index (χ1v) is 8.34. The van der Waals surface area contributed by atoms with Crippen molar-refractivity contribution in [1.29, 1.82) is 0 Å². The van der Waals surface area contributed by atoms with Crippen molar-refractivity contribution in [2.24, 2.45) is 0 Å². The number of para-hydroxylation sites is 1. The second kappa shape index (κ2) is 7.82. The van der Waals surface area contributed by atoms with Crippen molar-refractivity contribution in [3.8, 4) is 11.8 Å². The first-order chi connectivity index (χ1) is 12.9. The quantitative estimate of drug-likeness (QED) is 0.683. The van der Waals surface area contributed by atoms with E-state index >= 15 is 0 Å². The number of hydrogen-bond acceptors (Lipinski definition) is 4. The molecule has 0 unspecified atom stereocenters. The van der Waals surface area contributed by atoms with Crippen LogP contribution in [-0.4, -0.2) is 16.0 Å². The van der Waals surface area contributed by atoms with Crippen LogP contribution in [0.5, 0.6) is 11.8 Å². The number of aromatic nitrogens is 2. The van der Waals surface area contributed by atoms with E-state index < -0.39 is 11.8 Å². The molecule has 2 N–H and O–H groups in total. The number of hydrogen-bond donors (Lipinski definition) is 2. The lowest BCUT2D eigenvalue weighted by Crippen LogP contribution is -2.21. The number of ether oxygens (including phenoxy) is 1. The van der Waals surface area contributed by atoms with Crippen LogP contribution in [0.25, 0.3) is 0 Å². The molecule has 2 amide bonds. The minimum absolute atomic E-state index is 0.0135. The molecule has 3 aromatic rings. The molecular formula is C20H19FN4O2. The van der Waals surface area contributed by atoms with Crippen molar-refractivity contribution in [2.45, 2.75) is 20.8 Å². The molecule has 0 saturated carbocycles. The summed E-state index contributed by atoms with van der Waals surface area (Å²) in [7, 11) is 0. The fourth-order valence-corrected chi connectivity index (χ4v) is 2.45. The Morgan fingerprint density at radius 3 is 2.19 bits per heavy atom. The maximum absolute atomic E-state index is 13.7. The summed E-state index contributed by atoms with van der Waals surface area (Å²) in [5.41, 5.74) is 3.27. The van der Waals surface area contributed by atoms with Crippen molar-refractivity contribution in [2.75, 3.05) is 10.6 Å². The largest absolute Gasteiger partial charge is 0.421 e. The molecule has 0 spiro atoms.